The Hall–Kier alpha value is -2.48. The molecule has 1 heterocycles. The first-order valence-electron chi connectivity index (χ1n) is 7.98. The molecule has 138 valence electrons. The number of carbonyl (C=O) groups is 3. The van der Waals surface area contributed by atoms with E-state index < -0.39 is 35.5 Å². The van der Waals surface area contributed by atoms with Crippen LogP contribution in [0.2, 0.25) is 0 Å². The smallest absolute Gasteiger partial charge is 0.329 e. The number of esters is 1. The van der Waals surface area contributed by atoms with Gasteiger partial charge in [-0.1, -0.05) is 6.07 Å². The van der Waals surface area contributed by atoms with E-state index in [-0.39, 0.29) is 19.3 Å². The zero-order valence-corrected chi connectivity index (χ0v) is 14.7. The minimum atomic E-state index is -1.07. The van der Waals surface area contributed by atoms with Crippen LogP contribution in [0.3, 0.4) is 0 Å². The molecule has 1 aromatic heterocycles. The largest absolute Gasteiger partial charge is 0.481 e. The fourth-order valence-electron chi connectivity index (χ4n) is 2.03. The Labute approximate surface area is 146 Å². The lowest BCUT2D eigenvalue weighted by molar-refractivity contribution is -0.159. The Morgan fingerprint density at radius 2 is 2.04 bits per heavy atom. The van der Waals surface area contributed by atoms with Gasteiger partial charge in [0.15, 0.2) is 0 Å². The van der Waals surface area contributed by atoms with Crippen LogP contribution in [0.25, 0.3) is 0 Å². The van der Waals surface area contributed by atoms with Gasteiger partial charge in [-0.15, -0.1) is 0 Å². The topological polar surface area (TPSA) is 132 Å². The highest BCUT2D eigenvalue weighted by Gasteiger charge is 2.28. The van der Waals surface area contributed by atoms with E-state index >= 15 is 0 Å². The van der Waals surface area contributed by atoms with Crippen LogP contribution in [0.4, 0.5) is 0 Å². The number of nitrogens with two attached hydrogens (primary N) is 1. The molecule has 0 spiro atoms. The number of nitrogens with zero attached hydrogens (tertiary/aromatic N) is 1. The summed E-state index contributed by atoms with van der Waals surface area (Å²) in [5, 5.41) is 11.3. The Kier molecular flexibility index (Phi) is 7.50. The lowest BCUT2D eigenvalue weighted by Crippen LogP contribution is -2.50. The summed E-state index contributed by atoms with van der Waals surface area (Å²) in [4.78, 5) is 39.2. The number of carbonyl (C=O) groups excluding carboxylic acids is 2. The van der Waals surface area contributed by atoms with Gasteiger partial charge >= 0.3 is 11.9 Å². The van der Waals surface area contributed by atoms with Gasteiger partial charge in [-0.3, -0.25) is 14.6 Å². The van der Waals surface area contributed by atoms with Crippen LogP contribution in [0.5, 0.6) is 0 Å². The van der Waals surface area contributed by atoms with Crippen molar-refractivity contribution in [3.05, 3.63) is 30.1 Å². The molecule has 1 aromatic rings. The van der Waals surface area contributed by atoms with Crippen LogP contribution in [0.1, 0.15) is 39.2 Å². The average Bonchev–Trinajstić information content (AvgIpc) is 2.50. The number of carboxylic acid groups (broad SMARTS) is 1. The number of aliphatic carboxylic acids is 1. The lowest BCUT2D eigenvalue weighted by Gasteiger charge is -2.25. The molecule has 0 aliphatic carbocycles. The first-order valence-corrected chi connectivity index (χ1v) is 7.98. The molecule has 0 saturated heterocycles. The predicted octanol–water partition coefficient (Wildman–Crippen LogP) is 0.643. The first kappa shape index (κ1) is 20.6. The third-order valence-electron chi connectivity index (χ3n) is 3.17. The summed E-state index contributed by atoms with van der Waals surface area (Å²) in [6, 6.07) is 1.56. The molecule has 0 fully saturated rings. The van der Waals surface area contributed by atoms with Crippen molar-refractivity contribution < 1.29 is 24.2 Å². The normalized spacial score (nSPS) is 13.6. The molecule has 1 amide bonds. The molecule has 25 heavy (non-hydrogen) atoms. The highest BCUT2D eigenvalue weighted by molar-refractivity contribution is 5.88. The molecule has 8 nitrogen and oxygen atoms in total. The molecule has 0 aromatic carbocycles. The van der Waals surface area contributed by atoms with Crippen LogP contribution in [-0.4, -0.2) is 45.6 Å². The van der Waals surface area contributed by atoms with Crippen molar-refractivity contribution in [2.75, 3.05) is 0 Å². The summed E-state index contributed by atoms with van der Waals surface area (Å²) in [5.74, 6) is -2.30. The zero-order chi connectivity index (χ0) is 19.0. The lowest BCUT2D eigenvalue weighted by atomic mass is 10.1. The monoisotopic (exact) mass is 351 g/mol. The fourth-order valence-corrected chi connectivity index (χ4v) is 2.03. The minimum absolute atomic E-state index is 0.0738. The van der Waals surface area contributed by atoms with Crippen LogP contribution in [0.15, 0.2) is 24.5 Å². The Morgan fingerprint density at radius 1 is 1.36 bits per heavy atom. The van der Waals surface area contributed by atoms with E-state index in [9.17, 15) is 14.4 Å². The molecule has 8 heteroatoms. The van der Waals surface area contributed by atoms with E-state index in [2.05, 4.69) is 10.3 Å². The van der Waals surface area contributed by atoms with Crippen LogP contribution in [0, 0.1) is 0 Å². The maximum atomic E-state index is 12.3. The number of aromatic nitrogens is 1. The summed E-state index contributed by atoms with van der Waals surface area (Å²) in [6.45, 7) is 5.07. The van der Waals surface area contributed by atoms with Gasteiger partial charge in [-0.05, 0) is 45.2 Å². The number of pyridine rings is 1. The second-order valence-corrected chi connectivity index (χ2v) is 6.70. The Morgan fingerprint density at radius 3 is 2.56 bits per heavy atom. The number of ether oxygens (including phenoxy) is 1. The van der Waals surface area contributed by atoms with Crippen LogP contribution < -0.4 is 11.1 Å². The summed E-state index contributed by atoms with van der Waals surface area (Å²) < 4.78 is 5.23. The van der Waals surface area contributed by atoms with Crippen molar-refractivity contribution in [3.8, 4) is 0 Å². The van der Waals surface area contributed by atoms with Gasteiger partial charge in [0.05, 0.1) is 6.04 Å². The first-order chi connectivity index (χ1) is 11.6. The number of carboxylic acids is 1. The van der Waals surface area contributed by atoms with Crippen LogP contribution >= 0.6 is 0 Å². The summed E-state index contributed by atoms with van der Waals surface area (Å²) in [6.07, 6.45) is 3.11. The highest BCUT2D eigenvalue weighted by atomic mass is 16.6. The molecule has 0 unspecified atom stereocenters. The molecular formula is C17H25N3O5. The van der Waals surface area contributed by atoms with Gasteiger partial charge < -0.3 is 20.9 Å². The summed E-state index contributed by atoms with van der Waals surface area (Å²) >= 11 is 0. The molecular weight excluding hydrogens is 326 g/mol. The van der Waals surface area contributed by atoms with Gasteiger partial charge in [-0.2, -0.15) is 0 Å². The molecule has 0 radical (unpaired) electrons. The standard InChI is InChI=1S/C17H25N3O5/c1-17(2,3)25-16(24)13(6-7-14(21)22)20-15(23)12(18)9-11-5-4-8-19-10-11/h4-5,8,10,12-13H,6-7,9,18H2,1-3H3,(H,20,23)(H,21,22)/t12-,13-/m0/s1. The third kappa shape index (κ3) is 8.25. The molecule has 0 saturated carbocycles. The van der Waals surface area contributed by atoms with E-state index in [4.69, 9.17) is 15.6 Å². The third-order valence-corrected chi connectivity index (χ3v) is 3.17. The van der Waals surface area contributed by atoms with Gasteiger partial charge in [0.1, 0.15) is 11.6 Å². The summed E-state index contributed by atoms with van der Waals surface area (Å²) in [7, 11) is 0. The Balaban J connectivity index is 2.72. The second kappa shape index (κ2) is 9.12. The molecule has 4 N–H and O–H groups in total. The van der Waals surface area contributed by atoms with Crippen molar-refractivity contribution in [2.24, 2.45) is 5.73 Å². The van der Waals surface area contributed by atoms with E-state index in [1.165, 1.54) is 0 Å². The maximum absolute atomic E-state index is 12.3. The van der Waals surface area contributed by atoms with Crippen molar-refractivity contribution in [3.63, 3.8) is 0 Å². The van der Waals surface area contributed by atoms with Gasteiger partial charge in [0.2, 0.25) is 5.91 Å². The minimum Gasteiger partial charge on any atom is -0.481 e. The number of amides is 1. The zero-order valence-electron chi connectivity index (χ0n) is 14.7. The molecule has 0 aliphatic rings. The van der Waals surface area contributed by atoms with E-state index in [1.54, 1.807) is 45.3 Å². The number of hydrogen-bond donors (Lipinski definition) is 3. The van der Waals surface area contributed by atoms with Gasteiger partial charge in [0, 0.05) is 18.8 Å². The van der Waals surface area contributed by atoms with E-state index in [0.717, 1.165) is 5.56 Å². The van der Waals surface area contributed by atoms with Crippen molar-refractivity contribution in [2.45, 2.75) is 57.7 Å². The predicted molar refractivity (Wildman–Crippen MR) is 90.6 cm³/mol. The van der Waals surface area contributed by atoms with Gasteiger partial charge in [0.25, 0.3) is 0 Å². The number of hydrogen-bond acceptors (Lipinski definition) is 6. The molecule has 2 atom stereocenters. The second-order valence-electron chi connectivity index (χ2n) is 6.70. The molecule has 0 aliphatic heterocycles. The summed E-state index contributed by atoms with van der Waals surface area (Å²) in [5.41, 5.74) is 5.91. The van der Waals surface area contributed by atoms with Crippen LogP contribution in [-0.2, 0) is 25.5 Å². The maximum Gasteiger partial charge on any atom is 0.329 e. The molecule has 0 bridgehead atoms. The van der Waals surface area contributed by atoms with Crippen molar-refractivity contribution in [1.82, 2.24) is 10.3 Å². The fraction of sp³-hybridized carbons (Fsp3) is 0.529. The Bertz CT molecular complexity index is 598. The van der Waals surface area contributed by atoms with Crippen molar-refractivity contribution >= 4 is 17.8 Å². The number of nitrogens with one attached hydrogen (secondary N) is 1. The van der Waals surface area contributed by atoms with Crippen molar-refractivity contribution in [1.29, 1.82) is 0 Å². The van der Waals surface area contributed by atoms with E-state index in [1.807, 2.05) is 0 Å². The quantitative estimate of drug-likeness (QED) is 0.586. The van der Waals surface area contributed by atoms with Gasteiger partial charge in [-0.25, -0.2) is 4.79 Å². The van der Waals surface area contributed by atoms with E-state index in [0.29, 0.717) is 0 Å². The number of rotatable bonds is 8. The molecule has 1 rings (SSSR count). The SMILES string of the molecule is CC(C)(C)OC(=O)[C@H](CCC(=O)O)NC(=O)[C@@H](N)Cc1cccnc1. The average molecular weight is 351 g/mol. The highest BCUT2D eigenvalue weighted by Crippen LogP contribution is 2.11.